The van der Waals surface area contributed by atoms with Gasteiger partial charge < -0.3 is 14.8 Å². The number of carbonyl (C=O) groups excluding carboxylic acids is 1. The molecule has 0 unspecified atom stereocenters. The first kappa shape index (κ1) is 28.1. The summed E-state index contributed by atoms with van der Waals surface area (Å²) in [6, 6.07) is 15.4. The highest BCUT2D eigenvalue weighted by Crippen LogP contribution is 2.31. The highest BCUT2D eigenvalue weighted by atomic mass is 35.5. The molecular formula is C25H25Cl3N2O5S. The summed E-state index contributed by atoms with van der Waals surface area (Å²) >= 11 is 18.5. The second kappa shape index (κ2) is 12.2. The third-order valence-corrected chi connectivity index (χ3v) is 8.22. The summed E-state index contributed by atoms with van der Waals surface area (Å²) in [6.45, 7) is 1.11. The summed E-state index contributed by atoms with van der Waals surface area (Å²) in [7, 11) is -1.06. The minimum atomic E-state index is -4.10. The van der Waals surface area contributed by atoms with E-state index < -0.39 is 28.5 Å². The maximum atomic E-state index is 13.5. The van der Waals surface area contributed by atoms with Crippen LogP contribution in [0.4, 0.5) is 0 Å². The quantitative estimate of drug-likeness (QED) is 0.336. The van der Waals surface area contributed by atoms with Gasteiger partial charge in [-0.25, -0.2) is 8.42 Å². The normalized spacial score (nSPS) is 12.3. The lowest BCUT2D eigenvalue weighted by Gasteiger charge is -2.24. The molecule has 3 aromatic rings. The van der Waals surface area contributed by atoms with Gasteiger partial charge in [0.25, 0.3) is 0 Å². The van der Waals surface area contributed by atoms with Gasteiger partial charge in [-0.05, 0) is 61.0 Å². The van der Waals surface area contributed by atoms with Crippen LogP contribution in [-0.2, 0) is 21.4 Å². The number of hydrogen-bond acceptors (Lipinski definition) is 5. The molecule has 1 atom stereocenters. The summed E-state index contributed by atoms with van der Waals surface area (Å²) < 4.78 is 38.6. The van der Waals surface area contributed by atoms with Crippen molar-refractivity contribution in [2.45, 2.75) is 24.4 Å². The Bertz CT molecular complexity index is 1310. The van der Waals surface area contributed by atoms with Crippen LogP contribution >= 0.6 is 34.8 Å². The van der Waals surface area contributed by atoms with Gasteiger partial charge in [-0.1, -0.05) is 46.9 Å². The van der Waals surface area contributed by atoms with E-state index in [0.29, 0.717) is 22.1 Å². The SMILES string of the molecule is COc1ccc([C@@H](C)NC(=O)CN(Cc2c(Cl)cccc2Cl)S(=O)(=O)c2ccc(Cl)cc2)cc1OC. The zero-order valence-corrected chi connectivity index (χ0v) is 22.9. The average Bonchev–Trinajstić information content (AvgIpc) is 2.85. The van der Waals surface area contributed by atoms with Gasteiger partial charge in [0.1, 0.15) is 0 Å². The molecule has 0 heterocycles. The van der Waals surface area contributed by atoms with E-state index in [0.717, 1.165) is 9.87 Å². The lowest BCUT2D eigenvalue weighted by atomic mass is 10.1. The monoisotopic (exact) mass is 570 g/mol. The maximum absolute atomic E-state index is 13.5. The minimum Gasteiger partial charge on any atom is -0.493 e. The maximum Gasteiger partial charge on any atom is 0.243 e. The van der Waals surface area contributed by atoms with Crippen LogP contribution in [0.5, 0.6) is 11.5 Å². The number of amides is 1. The predicted octanol–water partition coefficient (Wildman–Crippen LogP) is 5.73. The van der Waals surface area contributed by atoms with Crippen LogP contribution in [0, 0.1) is 0 Å². The molecule has 0 saturated heterocycles. The van der Waals surface area contributed by atoms with Gasteiger partial charge in [-0.15, -0.1) is 0 Å². The number of methoxy groups -OCH3 is 2. The molecule has 0 bridgehead atoms. The molecule has 1 N–H and O–H groups in total. The van der Waals surface area contributed by atoms with Gasteiger partial charge in [0, 0.05) is 27.2 Å². The number of ether oxygens (including phenoxy) is 2. The molecule has 0 saturated carbocycles. The Labute approximate surface area is 225 Å². The standard InChI is InChI=1S/C25H25Cl3N2O5S/c1-16(17-7-12-23(34-2)24(13-17)35-3)29-25(31)15-30(14-20-21(27)5-4-6-22(20)28)36(32,33)19-10-8-18(26)9-11-19/h4-13,16H,14-15H2,1-3H3,(H,29,31)/t16-/m1/s1. The van der Waals surface area contributed by atoms with Gasteiger partial charge in [0.2, 0.25) is 15.9 Å². The first-order valence-corrected chi connectivity index (χ1v) is 13.3. The Kier molecular flexibility index (Phi) is 9.49. The fraction of sp³-hybridized carbons (Fsp3) is 0.240. The van der Waals surface area contributed by atoms with E-state index in [1.54, 1.807) is 43.3 Å². The zero-order valence-electron chi connectivity index (χ0n) is 19.8. The number of nitrogens with one attached hydrogen (secondary N) is 1. The number of rotatable bonds is 10. The number of nitrogens with zero attached hydrogens (tertiary/aromatic N) is 1. The number of carbonyl (C=O) groups is 1. The Morgan fingerprint density at radius 3 is 2.14 bits per heavy atom. The first-order chi connectivity index (χ1) is 17.1. The summed E-state index contributed by atoms with van der Waals surface area (Å²) in [5.41, 5.74) is 1.14. The van der Waals surface area contributed by atoms with Crippen molar-refractivity contribution in [3.63, 3.8) is 0 Å². The summed E-state index contributed by atoms with van der Waals surface area (Å²) in [5, 5.41) is 3.80. The second-order valence-corrected chi connectivity index (χ2v) is 11.0. The molecule has 0 spiro atoms. The van der Waals surface area contributed by atoms with Gasteiger partial charge >= 0.3 is 0 Å². The predicted molar refractivity (Wildman–Crippen MR) is 142 cm³/mol. The molecule has 192 valence electrons. The van der Waals surface area contributed by atoms with Crippen molar-refractivity contribution in [2.24, 2.45) is 0 Å². The number of benzene rings is 3. The van der Waals surface area contributed by atoms with Gasteiger partial charge in [-0.2, -0.15) is 4.31 Å². The molecule has 0 fully saturated rings. The molecule has 0 aliphatic heterocycles. The molecule has 3 rings (SSSR count). The highest BCUT2D eigenvalue weighted by molar-refractivity contribution is 7.89. The molecule has 0 aliphatic rings. The molecule has 0 radical (unpaired) electrons. The fourth-order valence-corrected chi connectivity index (χ4v) is 5.50. The highest BCUT2D eigenvalue weighted by Gasteiger charge is 2.29. The second-order valence-electron chi connectivity index (χ2n) is 7.83. The molecular weight excluding hydrogens is 547 g/mol. The van der Waals surface area contributed by atoms with Crippen molar-refractivity contribution in [2.75, 3.05) is 20.8 Å². The molecule has 7 nitrogen and oxygen atoms in total. The average molecular weight is 572 g/mol. The molecule has 1 amide bonds. The first-order valence-electron chi connectivity index (χ1n) is 10.8. The van der Waals surface area contributed by atoms with Crippen LogP contribution in [-0.4, -0.2) is 39.4 Å². The number of halogens is 3. The molecule has 11 heteroatoms. The topological polar surface area (TPSA) is 84.9 Å². The lowest BCUT2D eigenvalue weighted by Crippen LogP contribution is -2.41. The van der Waals surface area contributed by atoms with E-state index in [-0.39, 0.29) is 21.5 Å². The third-order valence-electron chi connectivity index (χ3n) is 5.45. The van der Waals surface area contributed by atoms with Crippen molar-refractivity contribution < 1.29 is 22.7 Å². The lowest BCUT2D eigenvalue weighted by molar-refractivity contribution is -0.122. The van der Waals surface area contributed by atoms with E-state index in [4.69, 9.17) is 44.3 Å². The van der Waals surface area contributed by atoms with E-state index in [2.05, 4.69) is 5.32 Å². The largest absolute Gasteiger partial charge is 0.493 e. The zero-order chi connectivity index (χ0) is 26.5. The molecule has 3 aromatic carbocycles. The van der Waals surface area contributed by atoms with Crippen molar-refractivity contribution in [1.29, 1.82) is 0 Å². The van der Waals surface area contributed by atoms with E-state index in [1.165, 1.54) is 38.5 Å². The van der Waals surface area contributed by atoms with Crippen molar-refractivity contribution in [3.05, 3.63) is 86.9 Å². The van der Waals surface area contributed by atoms with Crippen molar-refractivity contribution in [1.82, 2.24) is 9.62 Å². The van der Waals surface area contributed by atoms with Gasteiger partial charge in [0.05, 0.1) is 31.7 Å². The Balaban J connectivity index is 1.88. The van der Waals surface area contributed by atoms with E-state index >= 15 is 0 Å². The van der Waals surface area contributed by atoms with E-state index in [9.17, 15) is 13.2 Å². The van der Waals surface area contributed by atoms with E-state index in [1.807, 2.05) is 0 Å². The summed E-state index contributed by atoms with van der Waals surface area (Å²) in [5.74, 6) is 0.547. The summed E-state index contributed by atoms with van der Waals surface area (Å²) in [4.78, 5) is 13.0. The minimum absolute atomic E-state index is 0.0178. The molecule has 36 heavy (non-hydrogen) atoms. The van der Waals surface area contributed by atoms with Crippen LogP contribution in [0.3, 0.4) is 0 Å². The van der Waals surface area contributed by atoms with Gasteiger partial charge in [0.15, 0.2) is 11.5 Å². The Hall–Kier alpha value is -2.49. The fourth-order valence-electron chi connectivity index (χ4n) is 3.49. The third kappa shape index (κ3) is 6.63. The smallest absolute Gasteiger partial charge is 0.243 e. The van der Waals surface area contributed by atoms with Crippen LogP contribution in [0.1, 0.15) is 24.1 Å². The van der Waals surface area contributed by atoms with Crippen LogP contribution < -0.4 is 14.8 Å². The van der Waals surface area contributed by atoms with Crippen molar-refractivity contribution in [3.8, 4) is 11.5 Å². The molecule has 0 aliphatic carbocycles. The Morgan fingerprint density at radius 1 is 0.944 bits per heavy atom. The Morgan fingerprint density at radius 2 is 1.56 bits per heavy atom. The van der Waals surface area contributed by atoms with Gasteiger partial charge in [-0.3, -0.25) is 4.79 Å². The number of sulfonamides is 1. The molecule has 0 aromatic heterocycles. The number of hydrogen-bond donors (Lipinski definition) is 1. The summed E-state index contributed by atoms with van der Waals surface area (Å²) in [6.07, 6.45) is 0. The van der Waals surface area contributed by atoms with Crippen LogP contribution in [0.15, 0.2) is 65.6 Å². The van der Waals surface area contributed by atoms with Crippen LogP contribution in [0.25, 0.3) is 0 Å². The van der Waals surface area contributed by atoms with Crippen LogP contribution in [0.2, 0.25) is 15.1 Å². The van der Waals surface area contributed by atoms with Crippen molar-refractivity contribution >= 4 is 50.7 Å².